The maximum absolute atomic E-state index is 9.01. The number of hydrogen-bond acceptors (Lipinski definition) is 3. The Hall–Kier alpha value is -1.53. The van der Waals surface area contributed by atoms with Crippen molar-refractivity contribution in [2.45, 2.75) is 39.2 Å². The van der Waals surface area contributed by atoms with Gasteiger partial charge in [0.2, 0.25) is 0 Å². The summed E-state index contributed by atoms with van der Waals surface area (Å²) in [6.45, 7) is 7.52. The topological polar surface area (TPSA) is 39.1 Å². The van der Waals surface area contributed by atoms with Crippen LogP contribution in [0.5, 0.6) is 0 Å². The normalized spacial score (nSPS) is 18.3. The first-order chi connectivity index (χ1) is 9.24. The zero-order valence-corrected chi connectivity index (χ0v) is 11.9. The van der Waals surface area contributed by atoms with Gasteiger partial charge < -0.3 is 10.2 Å². The summed E-state index contributed by atoms with van der Waals surface area (Å²) in [4.78, 5) is 2.44. The predicted molar refractivity (Wildman–Crippen MR) is 79.4 cm³/mol. The van der Waals surface area contributed by atoms with Crippen LogP contribution in [0.3, 0.4) is 0 Å². The molecule has 0 radical (unpaired) electrons. The van der Waals surface area contributed by atoms with Crippen LogP contribution in [0.15, 0.2) is 18.2 Å². The molecule has 0 spiro atoms. The summed E-state index contributed by atoms with van der Waals surface area (Å²) in [5.41, 5.74) is 3.09. The van der Waals surface area contributed by atoms with Crippen LogP contribution in [0.4, 0.5) is 5.69 Å². The first kappa shape index (κ1) is 13.9. The summed E-state index contributed by atoms with van der Waals surface area (Å²) in [5, 5.41) is 12.6. The predicted octanol–water partition coefficient (Wildman–Crippen LogP) is 2.84. The van der Waals surface area contributed by atoms with Crippen molar-refractivity contribution < 1.29 is 0 Å². The molecule has 1 aliphatic heterocycles. The fourth-order valence-electron chi connectivity index (χ4n) is 2.74. The molecule has 0 saturated carbocycles. The molecule has 1 N–H and O–H groups in total. The average molecular weight is 257 g/mol. The minimum absolute atomic E-state index is 0.613. The van der Waals surface area contributed by atoms with E-state index in [1.807, 2.05) is 13.0 Å². The summed E-state index contributed by atoms with van der Waals surface area (Å²) < 4.78 is 0. The highest BCUT2D eigenvalue weighted by molar-refractivity contribution is 5.53. The van der Waals surface area contributed by atoms with E-state index in [1.54, 1.807) is 0 Å². The molecule has 0 aliphatic carbocycles. The molecule has 0 aromatic heterocycles. The van der Waals surface area contributed by atoms with Gasteiger partial charge in [0.15, 0.2) is 0 Å². The van der Waals surface area contributed by atoms with E-state index in [1.165, 1.54) is 18.5 Å². The minimum atomic E-state index is 0.613. The standard InChI is InChI=1S/C16H23N3/c1-3-9-19(12-15-5-4-8-18-15)16-7-6-14(11-17)13(2)10-16/h6-7,10,15,18H,3-5,8-9,12H2,1-2H3. The second-order valence-corrected chi connectivity index (χ2v) is 5.35. The van der Waals surface area contributed by atoms with Crippen molar-refractivity contribution in [3.05, 3.63) is 29.3 Å². The summed E-state index contributed by atoms with van der Waals surface area (Å²) in [5.74, 6) is 0. The van der Waals surface area contributed by atoms with Crippen LogP contribution in [0, 0.1) is 18.3 Å². The molecule has 1 aromatic rings. The molecule has 102 valence electrons. The Morgan fingerprint density at radius 2 is 2.32 bits per heavy atom. The number of aryl methyl sites for hydroxylation is 1. The lowest BCUT2D eigenvalue weighted by Crippen LogP contribution is -2.38. The van der Waals surface area contributed by atoms with E-state index >= 15 is 0 Å². The van der Waals surface area contributed by atoms with Crippen molar-refractivity contribution in [2.75, 3.05) is 24.5 Å². The molecule has 1 aromatic carbocycles. The Morgan fingerprint density at radius 1 is 1.47 bits per heavy atom. The fraction of sp³-hybridized carbons (Fsp3) is 0.562. The molecule has 1 atom stereocenters. The Kier molecular flexibility index (Phi) is 4.81. The molecule has 0 bridgehead atoms. The number of hydrogen-bond donors (Lipinski definition) is 1. The summed E-state index contributed by atoms with van der Waals surface area (Å²) in [6.07, 6.45) is 3.71. The molecule has 1 saturated heterocycles. The third-order valence-corrected chi connectivity index (χ3v) is 3.79. The third kappa shape index (κ3) is 3.48. The van der Waals surface area contributed by atoms with Crippen molar-refractivity contribution in [3.8, 4) is 6.07 Å². The number of rotatable bonds is 5. The summed E-state index contributed by atoms with van der Waals surface area (Å²) in [7, 11) is 0. The average Bonchev–Trinajstić information content (AvgIpc) is 2.91. The second kappa shape index (κ2) is 6.58. The lowest BCUT2D eigenvalue weighted by molar-refractivity contribution is 0.578. The smallest absolute Gasteiger partial charge is 0.0994 e. The van der Waals surface area contributed by atoms with E-state index < -0.39 is 0 Å². The molecular weight excluding hydrogens is 234 g/mol. The second-order valence-electron chi connectivity index (χ2n) is 5.35. The Morgan fingerprint density at radius 3 is 2.89 bits per heavy atom. The SMILES string of the molecule is CCCN(CC1CCCN1)c1ccc(C#N)c(C)c1. The van der Waals surface area contributed by atoms with Crippen LogP contribution in [0.1, 0.15) is 37.3 Å². The van der Waals surface area contributed by atoms with E-state index in [9.17, 15) is 0 Å². The van der Waals surface area contributed by atoms with Crippen LogP contribution in [-0.2, 0) is 0 Å². The maximum atomic E-state index is 9.01. The van der Waals surface area contributed by atoms with E-state index in [4.69, 9.17) is 5.26 Å². The van der Waals surface area contributed by atoms with Gasteiger partial charge in [-0.1, -0.05) is 6.92 Å². The van der Waals surface area contributed by atoms with Gasteiger partial charge in [0.25, 0.3) is 0 Å². The van der Waals surface area contributed by atoms with Gasteiger partial charge in [0, 0.05) is 24.8 Å². The van der Waals surface area contributed by atoms with Crippen molar-refractivity contribution in [1.29, 1.82) is 5.26 Å². The number of anilines is 1. The van der Waals surface area contributed by atoms with Crippen molar-refractivity contribution in [3.63, 3.8) is 0 Å². The minimum Gasteiger partial charge on any atom is -0.370 e. The largest absolute Gasteiger partial charge is 0.370 e. The first-order valence-corrected chi connectivity index (χ1v) is 7.23. The van der Waals surface area contributed by atoms with Crippen LogP contribution in [-0.4, -0.2) is 25.7 Å². The summed E-state index contributed by atoms with van der Waals surface area (Å²) >= 11 is 0. The molecule has 1 heterocycles. The van der Waals surface area contributed by atoms with Gasteiger partial charge in [-0.15, -0.1) is 0 Å². The molecule has 19 heavy (non-hydrogen) atoms. The van der Waals surface area contributed by atoms with Gasteiger partial charge in [-0.2, -0.15) is 5.26 Å². The van der Waals surface area contributed by atoms with Crippen molar-refractivity contribution >= 4 is 5.69 Å². The van der Waals surface area contributed by atoms with Gasteiger partial charge >= 0.3 is 0 Å². The Balaban J connectivity index is 2.13. The molecule has 1 fully saturated rings. The molecule has 3 nitrogen and oxygen atoms in total. The van der Waals surface area contributed by atoms with Crippen LogP contribution in [0.25, 0.3) is 0 Å². The van der Waals surface area contributed by atoms with Crippen LogP contribution in [0.2, 0.25) is 0 Å². The number of benzene rings is 1. The maximum Gasteiger partial charge on any atom is 0.0994 e. The highest BCUT2D eigenvalue weighted by atomic mass is 15.2. The summed E-state index contributed by atoms with van der Waals surface area (Å²) in [6, 6.07) is 9.01. The highest BCUT2D eigenvalue weighted by Crippen LogP contribution is 2.20. The van der Waals surface area contributed by atoms with E-state index in [-0.39, 0.29) is 0 Å². The quantitative estimate of drug-likeness (QED) is 0.881. The Labute approximate surface area is 116 Å². The van der Waals surface area contributed by atoms with Crippen LogP contribution < -0.4 is 10.2 Å². The molecule has 1 unspecified atom stereocenters. The van der Waals surface area contributed by atoms with Gasteiger partial charge in [-0.3, -0.25) is 0 Å². The van der Waals surface area contributed by atoms with Crippen molar-refractivity contribution in [1.82, 2.24) is 5.32 Å². The van der Waals surface area contributed by atoms with Crippen molar-refractivity contribution in [2.24, 2.45) is 0 Å². The molecule has 0 amide bonds. The van der Waals surface area contributed by atoms with E-state index in [2.05, 4.69) is 35.3 Å². The fourth-order valence-corrected chi connectivity index (χ4v) is 2.74. The molecule has 2 rings (SSSR count). The molecular formula is C16H23N3. The van der Waals surface area contributed by atoms with E-state index in [0.29, 0.717) is 6.04 Å². The first-order valence-electron chi connectivity index (χ1n) is 7.23. The number of nitrogens with one attached hydrogen (secondary N) is 1. The van der Waals surface area contributed by atoms with Crippen LogP contribution >= 0.6 is 0 Å². The van der Waals surface area contributed by atoms with Gasteiger partial charge in [0.1, 0.15) is 0 Å². The number of nitriles is 1. The zero-order chi connectivity index (χ0) is 13.7. The Bertz CT molecular complexity index is 456. The molecule has 1 aliphatic rings. The van der Waals surface area contributed by atoms with Gasteiger partial charge in [-0.05, 0) is 56.5 Å². The van der Waals surface area contributed by atoms with Gasteiger partial charge in [0.05, 0.1) is 11.6 Å². The highest BCUT2D eigenvalue weighted by Gasteiger charge is 2.18. The van der Waals surface area contributed by atoms with Gasteiger partial charge in [-0.25, -0.2) is 0 Å². The monoisotopic (exact) mass is 257 g/mol. The lowest BCUT2D eigenvalue weighted by Gasteiger charge is -2.28. The third-order valence-electron chi connectivity index (χ3n) is 3.79. The van der Waals surface area contributed by atoms with E-state index in [0.717, 1.165) is 37.2 Å². The number of nitrogens with zero attached hydrogens (tertiary/aromatic N) is 2. The molecule has 3 heteroatoms. The lowest BCUT2D eigenvalue weighted by atomic mass is 10.1. The zero-order valence-electron chi connectivity index (χ0n) is 11.9.